The average Bonchev–Trinajstić information content (AvgIpc) is 3.18. The first-order valence-electron chi connectivity index (χ1n) is 7.18. The number of carbonyl (C=O) groups excluding carboxylic acids is 2. The number of imide groups is 1. The van der Waals surface area contributed by atoms with Gasteiger partial charge in [0.1, 0.15) is 5.60 Å². The number of carboxylic acid groups (broad SMARTS) is 1. The van der Waals surface area contributed by atoms with Crippen LogP contribution in [-0.4, -0.2) is 46.3 Å². The number of aromatic carboxylic acids is 1. The smallest absolute Gasteiger partial charge is 0.335 e. The van der Waals surface area contributed by atoms with Gasteiger partial charge < -0.3 is 14.9 Å². The molecule has 0 aromatic heterocycles. The first-order valence-corrected chi connectivity index (χ1v) is 7.18. The van der Waals surface area contributed by atoms with E-state index in [1.54, 1.807) is 12.2 Å². The number of rotatable bonds is 3. The van der Waals surface area contributed by atoms with Crippen molar-refractivity contribution in [3.63, 3.8) is 0 Å². The summed E-state index contributed by atoms with van der Waals surface area (Å²) in [6.45, 7) is -0.386. The third kappa shape index (κ3) is 1.68. The second kappa shape index (κ2) is 4.50. The minimum Gasteiger partial charge on any atom is -0.478 e. The van der Waals surface area contributed by atoms with E-state index in [0.29, 0.717) is 0 Å². The number of aliphatic hydroxyl groups is 1. The van der Waals surface area contributed by atoms with Gasteiger partial charge in [0, 0.05) is 0 Å². The topological polar surface area (TPSA) is 104 Å². The highest BCUT2D eigenvalue weighted by Crippen LogP contribution is 2.52. The molecule has 2 saturated heterocycles. The molecule has 7 heteroatoms. The van der Waals surface area contributed by atoms with Crippen LogP contribution < -0.4 is 4.90 Å². The number of amides is 2. The van der Waals surface area contributed by atoms with Gasteiger partial charge in [0.15, 0.2) is 0 Å². The molecular formula is C16H13NO6. The number of ether oxygens (including phenoxy) is 1. The fourth-order valence-electron chi connectivity index (χ4n) is 3.72. The fraction of sp³-hybridized carbons (Fsp3) is 0.312. The standard InChI is InChI=1S/C16H13NO6/c18-7-16-5-4-10(23-16)11-12(16)14(20)17(13(11)19)9-3-1-2-8(6-9)15(21)22/h1-6,10-12,18H,7H2,(H,21,22)/t10-,11+,12+,16-/m1/s1. The monoisotopic (exact) mass is 315 g/mol. The van der Waals surface area contributed by atoms with Crippen molar-refractivity contribution >= 4 is 23.5 Å². The second-order valence-electron chi connectivity index (χ2n) is 5.93. The van der Waals surface area contributed by atoms with Crippen LogP contribution >= 0.6 is 0 Å². The van der Waals surface area contributed by atoms with Crippen molar-refractivity contribution in [3.05, 3.63) is 42.0 Å². The Morgan fingerprint density at radius 1 is 1.30 bits per heavy atom. The molecule has 0 aliphatic carbocycles. The van der Waals surface area contributed by atoms with Crippen molar-refractivity contribution in [1.29, 1.82) is 0 Å². The molecule has 0 spiro atoms. The van der Waals surface area contributed by atoms with E-state index in [0.717, 1.165) is 4.90 Å². The third-order valence-electron chi connectivity index (χ3n) is 4.75. The zero-order valence-electron chi connectivity index (χ0n) is 11.9. The maximum absolute atomic E-state index is 12.8. The van der Waals surface area contributed by atoms with Gasteiger partial charge in [-0.1, -0.05) is 18.2 Å². The molecule has 2 fully saturated rings. The molecule has 4 atom stereocenters. The molecule has 0 radical (unpaired) electrons. The molecule has 3 aliphatic heterocycles. The largest absolute Gasteiger partial charge is 0.478 e. The van der Waals surface area contributed by atoms with Crippen molar-refractivity contribution in [2.45, 2.75) is 11.7 Å². The van der Waals surface area contributed by atoms with Crippen LogP contribution in [0.1, 0.15) is 10.4 Å². The van der Waals surface area contributed by atoms with E-state index in [2.05, 4.69) is 0 Å². The number of carbonyl (C=O) groups is 3. The summed E-state index contributed by atoms with van der Waals surface area (Å²) in [5.41, 5.74) is -0.933. The zero-order chi connectivity index (χ0) is 16.4. The van der Waals surface area contributed by atoms with Crippen molar-refractivity contribution in [2.24, 2.45) is 11.8 Å². The fourth-order valence-corrected chi connectivity index (χ4v) is 3.72. The van der Waals surface area contributed by atoms with Crippen LogP contribution in [0.4, 0.5) is 5.69 Å². The number of anilines is 1. The van der Waals surface area contributed by atoms with Crippen LogP contribution in [0.3, 0.4) is 0 Å². The van der Waals surface area contributed by atoms with Crippen molar-refractivity contribution < 1.29 is 29.3 Å². The number of aliphatic hydroxyl groups excluding tert-OH is 1. The Morgan fingerprint density at radius 3 is 2.78 bits per heavy atom. The molecule has 3 heterocycles. The van der Waals surface area contributed by atoms with E-state index < -0.39 is 41.3 Å². The highest BCUT2D eigenvalue weighted by atomic mass is 16.5. The number of benzene rings is 1. The number of carboxylic acids is 1. The Hall–Kier alpha value is -2.51. The van der Waals surface area contributed by atoms with E-state index in [9.17, 15) is 19.5 Å². The molecular weight excluding hydrogens is 302 g/mol. The van der Waals surface area contributed by atoms with E-state index >= 15 is 0 Å². The number of fused-ring (bicyclic) bond motifs is 5. The molecule has 1 aromatic carbocycles. The molecule has 2 amide bonds. The molecule has 0 saturated carbocycles. The highest BCUT2D eigenvalue weighted by molar-refractivity contribution is 6.23. The lowest BCUT2D eigenvalue weighted by atomic mass is 9.77. The van der Waals surface area contributed by atoms with Gasteiger partial charge in [0.2, 0.25) is 11.8 Å². The third-order valence-corrected chi connectivity index (χ3v) is 4.75. The molecule has 0 unspecified atom stereocenters. The minimum absolute atomic E-state index is 0.00521. The Kier molecular flexibility index (Phi) is 2.76. The summed E-state index contributed by atoms with van der Waals surface area (Å²) < 4.78 is 5.64. The van der Waals surface area contributed by atoms with Crippen molar-refractivity contribution in [1.82, 2.24) is 0 Å². The molecule has 3 aliphatic rings. The van der Waals surface area contributed by atoms with Crippen LogP contribution in [0.25, 0.3) is 0 Å². The summed E-state index contributed by atoms with van der Waals surface area (Å²) in [6, 6.07) is 5.69. The van der Waals surface area contributed by atoms with Gasteiger partial charge in [-0.15, -0.1) is 0 Å². The Morgan fingerprint density at radius 2 is 2.09 bits per heavy atom. The van der Waals surface area contributed by atoms with E-state index in [-0.39, 0.29) is 17.9 Å². The van der Waals surface area contributed by atoms with E-state index in [1.165, 1.54) is 24.3 Å². The molecule has 1 aromatic rings. The highest BCUT2D eigenvalue weighted by Gasteiger charge is 2.67. The summed E-state index contributed by atoms with van der Waals surface area (Å²) in [4.78, 5) is 37.6. The van der Waals surface area contributed by atoms with Gasteiger partial charge in [0.25, 0.3) is 0 Å². The first-order chi connectivity index (χ1) is 11.0. The second-order valence-corrected chi connectivity index (χ2v) is 5.93. The summed E-state index contributed by atoms with van der Waals surface area (Å²) in [7, 11) is 0. The Bertz CT molecular complexity index is 772. The Balaban J connectivity index is 1.76. The number of hydrogen-bond donors (Lipinski definition) is 2. The van der Waals surface area contributed by atoms with Gasteiger partial charge >= 0.3 is 5.97 Å². The first kappa shape index (κ1) is 14.1. The zero-order valence-corrected chi connectivity index (χ0v) is 11.9. The normalized spacial score (nSPS) is 34.3. The lowest BCUT2D eigenvalue weighted by Gasteiger charge is -2.26. The molecule has 4 rings (SSSR count). The average molecular weight is 315 g/mol. The summed E-state index contributed by atoms with van der Waals surface area (Å²) >= 11 is 0. The van der Waals surface area contributed by atoms with Crippen LogP contribution in [0.2, 0.25) is 0 Å². The van der Waals surface area contributed by atoms with Crippen molar-refractivity contribution in [3.8, 4) is 0 Å². The van der Waals surface area contributed by atoms with Crippen LogP contribution in [0, 0.1) is 11.8 Å². The van der Waals surface area contributed by atoms with Gasteiger partial charge in [-0.25, -0.2) is 9.69 Å². The van der Waals surface area contributed by atoms with Gasteiger partial charge in [-0.2, -0.15) is 0 Å². The van der Waals surface area contributed by atoms with Gasteiger partial charge in [0.05, 0.1) is 35.8 Å². The summed E-state index contributed by atoms with van der Waals surface area (Å²) in [5.74, 6) is -3.48. The van der Waals surface area contributed by atoms with Gasteiger partial charge in [-0.3, -0.25) is 9.59 Å². The lowest BCUT2D eigenvalue weighted by Crippen LogP contribution is -2.43. The quantitative estimate of drug-likeness (QED) is 0.609. The molecule has 7 nitrogen and oxygen atoms in total. The Labute approximate surface area is 130 Å². The number of nitrogens with zero attached hydrogens (tertiary/aromatic N) is 1. The number of hydrogen-bond acceptors (Lipinski definition) is 5. The van der Waals surface area contributed by atoms with E-state index in [1.807, 2.05) is 0 Å². The maximum atomic E-state index is 12.8. The van der Waals surface area contributed by atoms with E-state index in [4.69, 9.17) is 9.84 Å². The summed E-state index contributed by atoms with van der Waals surface area (Å²) in [5, 5.41) is 18.7. The molecule has 23 heavy (non-hydrogen) atoms. The predicted molar refractivity (Wildman–Crippen MR) is 76.7 cm³/mol. The maximum Gasteiger partial charge on any atom is 0.335 e. The van der Waals surface area contributed by atoms with Crippen LogP contribution in [-0.2, 0) is 14.3 Å². The van der Waals surface area contributed by atoms with Gasteiger partial charge in [-0.05, 0) is 18.2 Å². The van der Waals surface area contributed by atoms with Crippen LogP contribution in [0.5, 0.6) is 0 Å². The minimum atomic E-state index is -1.15. The lowest BCUT2D eigenvalue weighted by molar-refractivity contribution is -0.128. The van der Waals surface area contributed by atoms with Crippen LogP contribution in [0.15, 0.2) is 36.4 Å². The SMILES string of the molecule is O=C(O)c1cccc(N2C(=O)[C@@H]3[C@@H](C2=O)[C@]2(CO)C=C[C@H]3O2)c1. The summed E-state index contributed by atoms with van der Waals surface area (Å²) in [6.07, 6.45) is 2.80. The molecule has 118 valence electrons. The predicted octanol–water partition coefficient (Wildman–Crippen LogP) is 0.190. The molecule has 2 N–H and O–H groups in total. The van der Waals surface area contributed by atoms with Crippen molar-refractivity contribution in [2.75, 3.05) is 11.5 Å². The molecule has 2 bridgehead atoms.